The van der Waals surface area contributed by atoms with Crippen LogP contribution in [0.5, 0.6) is 5.75 Å². The highest BCUT2D eigenvalue weighted by Crippen LogP contribution is 2.22. The number of carbonyl (C=O) groups excluding carboxylic acids is 1. The number of anilines is 1. The first-order chi connectivity index (χ1) is 14.1. The van der Waals surface area contributed by atoms with Crippen LogP contribution in [0, 0.1) is 6.92 Å². The normalized spacial score (nSPS) is 10.7. The maximum absolute atomic E-state index is 12.0. The Hall–Kier alpha value is -3.31. The second kappa shape index (κ2) is 10.3. The molecular weight excluding hydrogens is 386 g/mol. The molecule has 0 saturated carbocycles. The van der Waals surface area contributed by atoms with Crippen LogP contribution in [0.1, 0.15) is 16.7 Å². The van der Waals surface area contributed by atoms with Gasteiger partial charge in [-0.3, -0.25) is 4.79 Å². The molecule has 0 atom stereocenters. The molecule has 0 radical (unpaired) electrons. The van der Waals surface area contributed by atoms with E-state index >= 15 is 0 Å². The van der Waals surface area contributed by atoms with Gasteiger partial charge in [-0.05, 0) is 42.3 Å². The fraction of sp³-hybridized carbons (Fsp3) is 0.130. The number of nitrogens with zero attached hydrogens (tertiary/aromatic N) is 1. The predicted molar refractivity (Wildman–Crippen MR) is 118 cm³/mol. The van der Waals surface area contributed by atoms with Crippen LogP contribution in [0.15, 0.2) is 77.9 Å². The van der Waals surface area contributed by atoms with Crippen molar-refractivity contribution in [2.45, 2.75) is 13.5 Å². The van der Waals surface area contributed by atoms with E-state index in [1.54, 1.807) is 6.21 Å². The van der Waals surface area contributed by atoms with Crippen LogP contribution in [-0.2, 0) is 11.4 Å². The minimum absolute atomic E-state index is 0.0880. The first kappa shape index (κ1) is 20.4. The molecule has 5 nitrogen and oxygen atoms in total. The summed E-state index contributed by atoms with van der Waals surface area (Å²) in [5, 5.41) is 7.75. The molecule has 0 fully saturated rings. The number of ether oxygens (including phenoxy) is 1. The molecule has 0 aromatic heterocycles. The quantitative estimate of drug-likeness (QED) is 0.417. The van der Waals surface area contributed by atoms with Crippen LogP contribution >= 0.6 is 11.6 Å². The number of hydrazone groups is 1. The van der Waals surface area contributed by atoms with E-state index in [1.165, 1.54) is 0 Å². The van der Waals surface area contributed by atoms with Crippen molar-refractivity contribution in [3.63, 3.8) is 0 Å². The van der Waals surface area contributed by atoms with E-state index in [9.17, 15) is 4.79 Å². The molecule has 1 amide bonds. The van der Waals surface area contributed by atoms with Crippen molar-refractivity contribution >= 4 is 29.4 Å². The second-order valence-electron chi connectivity index (χ2n) is 6.37. The third-order valence-corrected chi connectivity index (χ3v) is 4.67. The van der Waals surface area contributed by atoms with Gasteiger partial charge in [-0.1, -0.05) is 60.1 Å². The van der Waals surface area contributed by atoms with Gasteiger partial charge in [-0.15, -0.1) is 0 Å². The van der Waals surface area contributed by atoms with Gasteiger partial charge in [0.25, 0.3) is 5.91 Å². The maximum Gasteiger partial charge on any atom is 0.259 e. The van der Waals surface area contributed by atoms with Crippen LogP contribution in [0.2, 0.25) is 5.02 Å². The Bertz CT molecular complexity index is 990. The van der Waals surface area contributed by atoms with Crippen LogP contribution < -0.4 is 15.5 Å². The van der Waals surface area contributed by atoms with Crippen LogP contribution in [0.3, 0.4) is 0 Å². The summed E-state index contributed by atoms with van der Waals surface area (Å²) in [4.78, 5) is 12.0. The van der Waals surface area contributed by atoms with E-state index in [0.717, 1.165) is 22.4 Å². The fourth-order valence-electron chi connectivity index (χ4n) is 2.64. The molecule has 0 aliphatic carbocycles. The summed E-state index contributed by atoms with van der Waals surface area (Å²) in [7, 11) is 0. The molecule has 3 aromatic carbocycles. The lowest BCUT2D eigenvalue weighted by molar-refractivity contribution is -0.119. The summed E-state index contributed by atoms with van der Waals surface area (Å²) in [5.41, 5.74) is 6.09. The third kappa shape index (κ3) is 6.09. The van der Waals surface area contributed by atoms with E-state index < -0.39 is 0 Å². The van der Waals surface area contributed by atoms with Gasteiger partial charge in [0.05, 0.1) is 12.8 Å². The zero-order valence-electron chi connectivity index (χ0n) is 16.1. The molecule has 0 saturated heterocycles. The average molecular weight is 408 g/mol. The Morgan fingerprint density at radius 2 is 1.79 bits per heavy atom. The van der Waals surface area contributed by atoms with Crippen molar-refractivity contribution in [3.8, 4) is 5.75 Å². The number of hydrogen-bond donors (Lipinski definition) is 2. The Morgan fingerprint density at radius 3 is 2.62 bits per heavy atom. The lowest BCUT2D eigenvalue weighted by Crippen LogP contribution is -2.26. The predicted octanol–water partition coefficient (Wildman–Crippen LogP) is 4.79. The van der Waals surface area contributed by atoms with Crippen molar-refractivity contribution in [2.24, 2.45) is 5.10 Å². The first-order valence-corrected chi connectivity index (χ1v) is 9.58. The van der Waals surface area contributed by atoms with E-state index in [-0.39, 0.29) is 12.5 Å². The largest absolute Gasteiger partial charge is 0.488 e. The lowest BCUT2D eigenvalue weighted by atomic mass is 10.2. The Kier molecular flexibility index (Phi) is 7.25. The van der Waals surface area contributed by atoms with Crippen LogP contribution in [0.25, 0.3) is 0 Å². The molecule has 0 aliphatic rings. The second-order valence-corrected chi connectivity index (χ2v) is 6.78. The number of benzene rings is 3. The summed E-state index contributed by atoms with van der Waals surface area (Å²) in [6.07, 6.45) is 1.57. The zero-order chi connectivity index (χ0) is 20.5. The number of amides is 1. The molecule has 29 heavy (non-hydrogen) atoms. The summed E-state index contributed by atoms with van der Waals surface area (Å²) >= 11 is 6.08. The van der Waals surface area contributed by atoms with E-state index in [2.05, 4.69) is 15.8 Å². The zero-order valence-corrected chi connectivity index (χ0v) is 16.8. The fourth-order valence-corrected chi connectivity index (χ4v) is 2.82. The van der Waals surface area contributed by atoms with Crippen molar-refractivity contribution < 1.29 is 9.53 Å². The molecule has 0 unspecified atom stereocenters. The summed E-state index contributed by atoms with van der Waals surface area (Å²) < 4.78 is 5.88. The Morgan fingerprint density at radius 1 is 1.03 bits per heavy atom. The molecule has 0 aliphatic heterocycles. The lowest BCUT2D eigenvalue weighted by Gasteiger charge is -2.10. The minimum atomic E-state index is -0.261. The van der Waals surface area contributed by atoms with E-state index in [0.29, 0.717) is 17.4 Å². The van der Waals surface area contributed by atoms with Gasteiger partial charge in [0.2, 0.25) is 0 Å². The van der Waals surface area contributed by atoms with E-state index in [1.807, 2.05) is 79.7 Å². The first-order valence-electron chi connectivity index (χ1n) is 9.20. The highest BCUT2D eigenvalue weighted by molar-refractivity contribution is 6.31. The van der Waals surface area contributed by atoms with Gasteiger partial charge in [0, 0.05) is 16.3 Å². The number of hydrogen-bond acceptors (Lipinski definition) is 4. The number of carbonyl (C=O) groups is 1. The van der Waals surface area contributed by atoms with Crippen molar-refractivity contribution in [1.82, 2.24) is 5.43 Å². The summed E-state index contributed by atoms with van der Waals surface area (Å²) in [5.74, 6) is 0.435. The van der Waals surface area contributed by atoms with Crippen molar-refractivity contribution in [2.75, 3.05) is 11.9 Å². The molecule has 148 valence electrons. The van der Waals surface area contributed by atoms with Gasteiger partial charge in [-0.2, -0.15) is 5.10 Å². The Balaban J connectivity index is 1.53. The maximum atomic E-state index is 12.0. The highest BCUT2D eigenvalue weighted by atomic mass is 35.5. The van der Waals surface area contributed by atoms with Gasteiger partial charge in [0.15, 0.2) is 0 Å². The molecule has 3 rings (SSSR count). The van der Waals surface area contributed by atoms with Gasteiger partial charge in [-0.25, -0.2) is 5.43 Å². The number of halogens is 1. The number of para-hydroxylation sites is 1. The average Bonchev–Trinajstić information content (AvgIpc) is 2.75. The molecule has 0 heterocycles. The van der Waals surface area contributed by atoms with Crippen LogP contribution in [-0.4, -0.2) is 18.7 Å². The third-order valence-electron chi connectivity index (χ3n) is 4.26. The minimum Gasteiger partial charge on any atom is -0.488 e. The molecule has 0 bridgehead atoms. The summed E-state index contributed by atoms with van der Waals surface area (Å²) in [6.45, 7) is 2.44. The van der Waals surface area contributed by atoms with Gasteiger partial charge < -0.3 is 10.1 Å². The molecule has 0 spiro atoms. The monoisotopic (exact) mass is 407 g/mol. The Labute approximate surface area is 175 Å². The van der Waals surface area contributed by atoms with Gasteiger partial charge >= 0.3 is 0 Å². The smallest absolute Gasteiger partial charge is 0.259 e. The number of rotatable bonds is 8. The van der Waals surface area contributed by atoms with Crippen molar-refractivity contribution in [1.29, 1.82) is 0 Å². The molecule has 6 heteroatoms. The standard InChI is InChI=1S/C23H22ClN3O2/c1-17-20(24)11-7-12-21(17)25-15-23(28)27-26-14-19-10-5-6-13-22(19)29-16-18-8-3-2-4-9-18/h2-14,25H,15-16H2,1H3,(H,27,28)/b26-14+. The molecule has 2 N–H and O–H groups in total. The number of nitrogens with one attached hydrogen (secondary N) is 2. The topological polar surface area (TPSA) is 62.7 Å². The molecule has 3 aromatic rings. The van der Waals surface area contributed by atoms with Gasteiger partial charge in [0.1, 0.15) is 12.4 Å². The summed E-state index contributed by atoms with van der Waals surface area (Å²) in [6, 6.07) is 23.0. The van der Waals surface area contributed by atoms with E-state index in [4.69, 9.17) is 16.3 Å². The highest BCUT2D eigenvalue weighted by Gasteiger charge is 2.05. The molecular formula is C23H22ClN3O2. The SMILES string of the molecule is Cc1c(Cl)cccc1NCC(=O)N/N=C/c1ccccc1OCc1ccccc1. The van der Waals surface area contributed by atoms with Crippen molar-refractivity contribution in [3.05, 3.63) is 94.5 Å². The van der Waals surface area contributed by atoms with Crippen LogP contribution in [0.4, 0.5) is 5.69 Å².